The monoisotopic (exact) mass is 270 g/mol. The summed E-state index contributed by atoms with van der Waals surface area (Å²) in [5.74, 6) is 1.93. The van der Waals surface area contributed by atoms with Crippen LogP contribution in [-0.4, -0.2) is 30.1 Å². The molecule has 3 aliphatic rings. The van der Waals surface area contributed by atoms with Crippen LogP contribution in [0.3, 0.4) is 0 Å². The van der Waals surface area contributed by atoms with Crippen LogP contribution in [0.5, 0.6) is 0 Å². The van der Waals surface area contributed by atoms with Gasteiger partial charge in [-0.1, -0.05) is 29.8 Å². The predicted octanol–water partition coefficient (Wildman–Crippen LogP) is 2.96. The number of rotatable bonds is 4. The molecule has 0 radical (unpaired) electrons. The van der Waals surface area contributed by atoms with Crippen molar-refractivity contribution in [1.29, 1.82) is 0 Å². The first-order valence-corrected chi connectivity index (χ1v) is 8.32. The van der Waals surface area contributed by atoms with Crippen LogP contribution in [0.4, 0.5) is 0 Å². The highest BCUT2D eigenvalue weighted by molar-refractivity contribution is 5.21. The molecule has 4 rings (SSSR count). The third kappa shape index (κ3) is 2.77. The number of nitrogens with zero attached hydrogens (tertiary/aromatic N) is 1. The lowest BCUT2D eigenvalue weighted by Crippen LogP contribution is -2.57. The van der Waals surface area contributed by atoms with Crippen molar-refractivity contribution in [3.8, 4) is 0 Å². The first-order chi connectivity index (χ1) is 9.79. The fourth-order valence-electron chi connectivity index (χ4n) is 3.72. The molecule has 1 aromatic carbocycles. The van der Waals surface area contributed by atoms with E-state index in [0.717, 1.165) is 30.5 Å². The molecule has 2 atom stereocenters. The van der Waals surface area contributed by atoms with Gasteiger partial charge in [0, 0.05) is 31.7 Å². The second-order valence-electron chi connectivity index (χ2n) is 7.17. The minimum Gasteiger partial charge on any atom is -0.311 e. The lowest BCUT2D eigenvalue weighted by Gasteiger charge is -2.41. The van der Waals surface area contributed by atoms with Crippen LogP contribution in [-0.2, 0) is 6.54 Å². The molecule has 108 valence electrons. The molecule has 0 aromatic heterocycles. The molecule has 20 heavy (non-hydrogen) atoms. The van der Waals surface area contributed by atoms with Crippen molar-refractivity contribution in [2.24, 2.45) is 11.8 Å². The van der Waals surface area contributed by atoms with Gasteiger partial charge in [0.15, 0.2) is 0 Å². The Morgan fingerprint density at radius 3 is 2.40 bits per heavy atom. The molecule has 1 N–H and O–H groups in total. The Balaban J connectivity index is 1.47. The lowest BCUT2D eigenvalue weighted by molar-refractivity contribution is 0.100. The summed E-state index contributed by atoms with van der Waals surface area (Å²) in [4.78, 5) is 2.78. The number of nitrogens with one attached hydrogen (secondary N) is 1. The zero-order valence-corrected chi connectivity index (χ0v) is 12.5. The van der Waals surface area contributed by atoms with Gasteiger partial charge in [-0.05, 0) is 50.0 Å². The van der Waals surface area contributed by atoms with E-state index in [2.05, 4.69) is 41.4 Å². The van der Waals surface area contributed by atoms with Crippen molar-refractivity contribution in [1.82, 2.24) is 10.2 Å². The molecule has 2 saturated carbocycles. The average molecular weight is 270 g/mol. The summed E-state index contributed by atoms with van der Waals surface area (Å²) in [6.45, 7) is 5.80. The Labute approximate surface area is 122 Å². The Morgan fingerprint density at radius 1 is 1.05 bits per heavy atom. The molecule has 2 aliphatic carbocycles. The molecule has 0 spiro atoms. The summed E-state index contributed by atoms with van der Waals surface area (Å²) in [5.41, 5.74) is 2.85. The van der Waals surface area contributed by atoms with Crippen molar-refractivity contribution in [3.05, 3.63) is 35.4 Å². The van der Waals surface area contributed by atoms with Gasteiger partial charge in [-0.15, -0.1) is 0 Å². The lowest BCUT2D eigenvalue weighted by atomic mass is 10.0. The standard InChI is InChI=1S/C18H26N2/c1-13-2-4-14(5-3-13)11-20-12-17(15-6-7-15)19-10-18(20)16-8-9-16/h2-5,15-19H,6-12H2,1H3. The second-order valence-corrected chi connectivity index (χ2v) is 7.17. The zero-order valence-electron chi connectivity index (χ0n) is 12.5. The van der Waals surface area contributed by atoms with Crippen LogP contribution in [0.15, 0.2) is 24.3 Å². The number of hydrogen-bond donors (Lipinski definition) is 1. The molecular weight excluding hydrogens is 244 g/mol. The molecule has 1 heterocycles. The first-order valence-electron chi connectivity index (χ1n) is 8.32. The summed E-state index contributed by atoms with van der Waals surface area (Å²) in [5, 5.41) is 3.84. The fraction of sp³-hybridized carbons (Fsp3) is 0.667. The SMILES string of the molecule is Cc1ccc(CN2CC(C3CC3)NCC2C2CC2)cc1. The summed E-state index contributed by atoms with van der Waals surface area (Å²) >= 11 is 0. The summed E-state index contributed by atoms with van der Waals surface area (Å²) in [6, 6.07) is 10.7. The van der Waals surface area contributed by atoms with E-state index < -0.39 is 0 Å². The van der Waals surface area contributed by atoms with Gasteiger partial charge in [-0.25, -0.2) is 0 Å². The van der Waals surface area contributed by atoms with Crippen molar-refractivity contribution in [2.45, 2.75) is 51.2 Å². The van der Waals surface area contributed by atoms with Gasteiger partial charge >= 0.3 is 0 Å². The highest BCUT2D eigenvalue weighted by Crippen LogP contribution is 2.40. The maximum atomic E-state index is 3.84. The Morgan fingerprint density at radius 2 is 1.75 bits per heavy atom. The van der Waals surface area contributed by atoms with Crippen LogP contribution in [0.1, 0.15) is 36.8 Å². The van der Waals surface area contributed by atoms with Gasteiger partial charge in [-0.3, -0.25) is 4.90 Å². The number of aryl methyl sites for hydroxylation is 1. The largest absolute Gasteiger partial charge is 0.311 e. The molecule has 2 nitrogen and oxygen atoms in total. The Kier molecular flexibility index (Phi) is 3.31. The van der Waals surface area contributed by atoms with E-state index in [4.69, 9.17) is 0 Å². The van der Waals surface area contributed by atoms with Crippen LogP contribution in [0.2, 0.25) is 0 Å². The van der Waals surface area contributed by atoms with Gasteiger partial charge in [0.1, 0.15) is 0 Å². The van der Waals surface area contributed by atoms with Crippen LogP contribution in [0.25, 0.3) is 0 Å². The number of piperazine rings is 1. The smallest absolute Gasteiger partial charge is 0.0253 e. The molecule has 2 unspecified atom stereocenters. The van der Waals surface area contributed by atoms with Crippen LogP contribution in [0, 0.1) is 18.8 Å². The van der Waals surface area contributed by atoms with E-state index in [1.807, 2.05) is 0 Å². The van der Waals surface area contributed by atoms with E-state index >= 15 is 0 Å². The molecule has 2 heteroatoms. The number of hydrogen-bond acceptors (Lipinski definition) is 2. The third-order valence-corrected chi connectivity index (χ3v) is 5.35. The van der Waals surface area contributed by atoms with Gasteiger partial charge in [-0.2, -0.15) is 0 Å². The normalized spacial score (nSPS) is 31.4. The fourth-order valence-corrected chi connectivity index (χ4v) is 3.72. The molecule has 1 saturated heterocycles. The molecular formula is C18H26N2. The zero-order chi connectivity index (χ0) is 13.5. The van der Waals surface area contributed by atoms with E-state index in [1.54, 1.807) is 0 Å². The topological polar surface area (TPSA) is 15.3 Å². The first kappa shape index (κ1) is 12.8. The van der Waals surface area contributed by atoms with Crippen molar-refractivity contribution < 1.29 is 0 Å². The van der Waals surface area contributed by atoms with E-state index in [9.17, 15) is 0 Å². The van der Waals surface area contributed by atoms with E-state index in [0.29, 0.717) is 0 Å². The van der Waals surface area contributed by atoms with Gasteiger partial charge in [0.05, 0.1) is 0 Å². The summed E-state index contributed by atoms with van der Waals surface area (Å²) < 4.78 is 0. The highest BCUT2D eigenvalue weighted by atomic mass is 15.2. The van der Waals surface area contributed by atoms with Crippen molar-refractivity contribution in [2.75, 3.05) is 13.1 Å². The maximum Gasteiger partial charge on any atom is 0.0253 e. The van der Waals surface area contributed by atoms with Gasteiger partial charge in [0.2, 0.25) is 0 Å². The summed E-state index contributed by atoms with van der Waals surface area (Å²) in [6.07, 6.45) is 5.80. The minimum atomic E-state index is 0.760. The summed E-state index contributed by atoms with van der Waals surface area (Å²) in [7, 11) is 0. The molecule has 1 aliphatic heterocycles. The average Bonchev–Trinajstić information content (AvgIpc) is 3.33. The Bertz CT molecular complexity index is 459. The van der Waals surface area contributed by atoms with Crippen molar-refractivity contribution in [3.63, 3.8) is 0 Å². The third-order valence-electron chi connectivity index (χ3n) is 5.35. The predicted molar refractivity (Wildman–Crippen MR) is 82.6 cm³/mol. The quantitative estimate of drug-likeness (QED) is 0.905. The second kappa shape index (κ2) is 5.16. The highest BCUT2D eigenvalue weighted by Gasteiger charge is 2.42. The minimum absolute atomic E-state index is 0.760. The molecule has 1 aromatic rings. The van der Waals surface area contributed by atoms with Crippen LogP contribution >= 0.6 is 0 Å². The van der Waals surface area contributed by atoms with Crippen molar-refractivity contribution >= 4 is 0 Å². The number of benzene rings is 1. The van der Waals surface area contributed by atoms with Gasteiger partial charge < -0.3 is 5.32 Å². The van der Waals surface area contributed by atoms with Gasteiger partial charge in [0.25, 0.3) is 0 Å². The Hall–Kier alpha value is -0.860. The molecule has 3 fully saturated rings. The van der Waals surface area contributed by atoms with E-state index in [-0.39, 0.29) is 0 Å². The molecule has 0 bridgehead atoms. The van der Waals surface area contributed by atoms with E-state index in [1.165, 1.54) is 49.9 Å². The molecule has 0 amide bonds. The maximum absolute atomic E-state index is 3.84. The van der Waals surface area contributed by atoms with Crippen LogP contribution < -0.4 is 5.32 Å².